The summed E-state index contributed by atoms with van der Waals surface area (Å²) in [5.74, 6) is 0.573. The zero-order valence-corrected chi connectivity index (χ0v) is 11.5. The first-order valence-electron chi connectivity index (χ1n) is 4.46. The topological polar surface area (TPSA) is 46.2 Å². The van der Waals surface area contributed by atoms with Crippen LogP contribution in [-0.2, 0) is 35.1 Å². The van der Waals surface area contributed by atoms with Crippen molar-refractivity contribution in [2.24, 2.45) is 0 Å². The van der Waals surface area contributed by atoms with Crippen LogP contribution in [0.15, 0.2) is 23.7 Å². The number of carbonyl (C=O) groups is 1. The third-order valence-electron chi connectivity index (χ3n) is 1.93. The Balaban J connectivity index is 0. The molecule has 0 N–H and O–H groups in total. The molecule has 5 heteroatoms. The van der Waals surface area contributed by atoms with Crippen molar-refractivity contribution in [2.45, 2.75) is 32.6 Å². The number of carbonyl (C=O) groups excluding carboxylic acids is 1. The predicted octanol–water partition coefficient (Wildman–Crippen LogP) is -0.677. The molecule has 0 spiro atoms. The third kappa shape index (κ3) is 5.50. The van der Waals surface area contributed by atoms with E-state index in [0.717, 1.165) is 30.4 Å². The molecule has 1 heterocycles. The SMILES string of the molecule is CCCC1=C(CC=C[O])CC(=O)O1.[Br-].[Pd]. The molecule has 0 aromatic rings. The molecule has 0 bridgehead atoms. The van der Waals surface area contributed by atoms with Gasteiger partial charge in [0, 0.05) is 26.8 Å². The molecule has 0 fully saturated rings. The minimum atomic E-state index is -0.197. The van der Waals surface area contributed by atoms with Gasteiger partial charge in [-0.1, -0.05) is 6.92 Å². The van der Waals surface area contributed by atoms with E-state index in [-0.39, 0.29) is 43.4 Å². The normalized spacial score (nSPS) is 14.9. The van der Waals surface area contributed by atoms with Crippen LogP contribution in [0.1, 0.15) is 32.6 Å². The standard InChI is InChI=1S/C10H13O3.BrH.Pd/c1-2-4-9-8(5-3-6-11)7-10(12)13-9;;/h3,6H,2,4-5,7H2,1H3;1H;/p-1. The molecule has 0 saturated heterocycles. The molecule has 0 atom stereocenters. The molecule has 0 saturated carbocycles. The molecular formula is C10H13BrO3Pd-. The number of allylic oxidation sites excluding steroid dienone is 2. The average molecular weight is 368 g/mol. The number of cyclic esters (lactones) is 1. The van der Waals surface area contributed by atoms with Crippen molar-refractivity contribution >= 4 is 5.97 Å². The Bertz CT molecular complexity index is 261. The fraction of sp³-hybridized carbons (Fsp3) is 0.500. The van der Waals surface area contributed by atoms with Gasteiger partial charge in [0.05, 0.1) is 6.42 Å². The van der Waals surface area contributed by atoms with Crippen LogP contribution in [0.2, 0.25) is 0 Å². The summed E-state index contributed by atoms with van der Waals surface area (Å²) >= 11 is 0. The van der Waals surface area contributed by atoms with Crippen LogP contribution in [0, 0.1) is 0 Å². The fourth-order valence-corrected chi connectivity index (χ4v) is 1.35. The first-order chi connectivity index (χ1) is 6.27. The van der Waals surface area contributed by atoms with Crippen molar-refractivity contribution in [2.75, 3.05) is 0 Å². The molecular weight excluding hydrogens is 354 g/mol. The molecule has 0 aromatic heterocycles. The molecule has 0 aromatic carbocycles. The van der Waals surface area contributed by atoms with Crippen molar-refractivity contribution in [3.8, 4) is 0 Å². The van der Waals surface area contributed by atoms with E-state index in [1.165, 1.54) is 6.08 Å². The monoisotopic (exact) mass is 366 g/mol. The maximum Gasteiger partial charge on any atom is 0.315 e. The quantitative estimate of drug-likeness (QED) is 0.376. The summed E-state index contributed by atoms with van der Waals surface area (Å²) in [6.07, 6.45) is 4.89. The molecule has 0 amide bonds. The van der Waals surface area contributed by atoms with Crippen LogP contribution in [0.4, 0.5) is 0 Å². The van der Waals surface area contributed by atoms with E-state index in [2.05, 4.69) is 0 Å². The van der Waals surface area contributed by atoms with Gasteiger partial charge in [-0.3, -0.25) is 9.90 Å². The van der Waals surface area contributed by atoms with Crippen molar-refractivity contribution in [1.82, 2.24) is 0 Å². The molecule has 0 unspecified atom stereocenters. The minimum Gasteiger partial charge on any atom is -1.00 e. The van der Waals surface area contributed by atoms with Gasteiger partial charge in [0.25, 0.3) is 0 Å². The molecule has 89 valence electrons. The average Bonchev–Trinajstić information content (AvgIpc) is 2.44. The minimum absolute atomic E-state index is 0. The Hall–Kier alpha value is -0.108. The van der Waals surface area contributed by atoms with E-state index in [1.807, 2.05) is 6.92 Å². The number of rotatable bonds is 4. The maximum absolute atomic E-state index is 10.9. The Kier molecular flexibility index (Phi) is 10.5. The second-order valence-electron chi connectivity index (χ2n) is 3.00. The van der Waals surface area contributed by atoms with E-state index in [1.54, 1.807) is 0 Å². The summed E-state index contributed by atoms with van der Waals surface area (Å²) < 4.78 is 5.02. The van der Waals surface area contributed by atoms with E-state index in [4.69, 9.17) is 4.74 Å². The summed E-state index contributed by atoms with van der Waals surface area (Å²) in [6.45, 7) is 2.03. The van der Waals surface area contributed by atoms with Crippen molar-refractivity contribution in [1.29, 1.82) is 0 Å². The van der Waals surface area contributed by atoms with Gasteiger partial charge >= 0.3 is 5.97 Å². The summed E-state index contributed by atoms with van der Waals surface area (Å²) in [5.41, 5.74) is 0.957. The van der Waals surface area contributed by atoms with Gasteiger partial charge in [-0.05, 0) is 24.5 Å². The zero-order chi connectivity index (χ0) is 9.68. The largest absolute Gasteiger partial charge is 1.00 e. The van der Waals surface area contributed by atoms with Gasteiger partial charge in [0.1, 0.15) is 12.0 Å². The number of hydrogen-bond acceptors (Lipinski definition) is 2. The van der Waals surface area contributed by atoms with Crippen molar-refractivity contribution < 1.29 is 52.0 Å². The molecule has 15 heavy (non-hydrogen) atoms. The summed E-state index contributed by atoms with van der Waals surface area (Å²) in [5, 5.41) is 10.1. The molecule has 3 nitrogen and oxygen atoms in total. The van der Waals surface area contributed by atoms with E-state index in [0.29, 0.717) is 12.8 Å². The number of esters is 1. The first kappa shape index (κ1) is 17.3. The van der Waals surface area contributed by atoms with E-state index in [9.17, 15) is 9.90 Å². The number of halogens is 1. The van der Waals surface area contributed by atoms with E-state index >= 15 is 0 Å². The molecule has 1 rings (SSSR count). The fourth-order valence-electron chi connectivity index (χ4n) is 1.35. The molecule has 1 aliphatic heterocycles. The van der Waals surface area contributed by atoms with Crippen molar-refractivity contribution in [3.05, 3.63) is 23.7 Å². The first-order valence-corrected chi connectivity index (χ1v) is 4.46. The third-order valence-corrected chi connectivity index (χ3v) is 1.93. The Morgan fingerprint density at radius 2 is 2.13 bits per heavy atom. The predicted molar refractivity (Wildman–Crippen MR) is 47.1 cm³/mol. The van der Waals surface area contributed by atoms with Crippen LogP contribution >= 0.6 is 0 Å². The molecule has 1 radical (unpaired) electrons. The van der Waals surface area contributed by atoms with Crippen LogP contribution in [0.25, 0.3) is 0 Å². The summed E-state index contributed by atoms with van der Waals surface area (Å²) in [6, 6.07) is 0. The Morgan fingerprint density at radius 3 is 2.67 bits per heavy atom. The number of ether oxygens (including phenoxy) is 1. The van der Waals surface area contributed by atoms with Crippen molar-refractivity contribution in [3.63, 3.8) is 0 Å². The Labute approximate surface area is 114 Å². The van der Waals surface area contributed by atoms with Gasteiger partial charge in [0.15, 0.2) is 0 Å². The Morgan fingerprint density at radius 1 is 1.47 bits per heavy atom. The maximum atomic E-state index is 10.9. The van der Waals surface area contributed by atoms with Crippen LogP contribution < -0.4 is 17.0 Å². The number of hydrogen-bond donors (Lipinski definition) is 0. The van der Waals surface area contributed by atoms with Gasteiger partial charge in [-0.2, -0.15) is 0 Å². The zero-order valence-electron chi connectivity index (χ0n) is 8.40. The van der Waals surface area contributed by atoms with Crippen LogP contribution in [0.3, 0.4) is 0 Å². The van der Waals surface area contributed by atoms with Crippen LogP contribution in [-0.4, -0.2) is 5.97 Å². The van der Waals surface area contributed by atoms with Gasteiger partial charge in [-0.15, -0.1) is 0 Å². The second kappa shape index (κ2) is 9.14. The molecule has 0 aliphatic carbocycles. The summed E-state index contributed by atoms with van der Waals surface area (Å²) in [7, 11) is 0. The van der Waals surface area contributed by atoms with E-state index < -0.39 is 0 Å². The smallest absolute Gasteiger partial charge is 0.315 e. The summed E-state index contributed by atoms with van der Waals surface area (Å²) in [4.78, 5) is 10.9. The van der Waals surface area contributed by atoms with Crippen LogP contribution in [0.5, 0.6) is 0 Å². The second-order valence-corrected chi connectivity index (χ2v) is 3.00. The van der Waals surface area contributed by atoms with Gasteiger partial charge < -0.3 is 21.7 Å². The van der Waals surface area contributed by atoms with Gasteiger partial charge in [-0.25, -0.2) is 0 Å². The van der Waals surface area contributed by atoms with Gasteiger partial charge in [0.2, 0.25) is 0 Å². The molecule has 1 aliphatic rings.